The van der Waals surface area contributed by atoms with Gasteiger partial charge in [-0.2, -0.15) is 5.10 Å². The van der Waals surface area contributed by atoms with Gasteiger partial charge in [0.25, 0.3) is 5.69 Å². The van der Waals surface area contributed by atoms with E-state index in [1.165, 1.54) is 25.5 Å². The van der Waals surface area contributed by atoms with Gasteiger partial charge < -0.3 is 9.47 Å². The van der Waals surface area contributed by atoms with Crippen LogP contribution in [0.5, 0.6) is 5.75 Å². The highest BCUT2D eigenvalue weighted by molar-refractivity contribution is 14.1. The minimum Gasteiger partial charge on any atom is -0.480 e. The molecule has 0 unspecified atom stereocenters. The number of halogens is 2. The van der Waals surface area contributed by atoms with E-state index in [1.807, 2.05) is 0 Å². The molecule has 0 spiro atoms. The molecule has 0 saturated heterocycles. The number of methoxy groups -OCH3 is 1. The Labute approximate surface area is 193 Å². The van der Waals surface area contributed by atoms with Crippen molar-refractivity contribution in [1.82, 2.24) is 5.43 Å². The summed E-state index contributed by atoms with van der Waals surface area (Å²) in [5, 5.41) is 14.9. The van der Waals surface area contributed by atoms with E-state index >= 15 is 0 Å². The first kappa shape index (κ1) is 23.0. The van der Waals surface area contributed by atoms with Crippen LogP contribution in [0.4, 0.5) is 5.69 Å². The Morgan fingerprint density at radius 1 is 1.24 bits per heavy atom. The van der Waals surface area contributed by atoms with Gasteiger partial charge in [-0.3, -0.25) is 14.9 Å². The molecule has 0 aliphatic heterocycles. The van der Waals surface area contributed by atoms with E-state index in [0.29, 0.717) is 16.9 Å². The Morgan fingerprint density at radius 2 is 1.90 bits per heavy atom. The van der Waals surface area contributed by atoms with Crippen molar-refractivity contribution in [2.75, 3.05) is 13.7 Å². The molecule has 1 amide bonds. The molecule has 0 heterocycles. The van der Waals surface area contributed by atoms with Crippen LogP contribution in [-0.2, 0) is 20.7 Å². The molecule has 0 aliphatic carbocycles. The van der Waals surface area contributed by atoms with Crippen LogP contribution in [0, 0.1) is 17.3 Å². The molecule has 0 bridgehead atoms. The summed E-state index contributed by atoms with van der Waals surface area (Å²) >= 11 is 4.13. The highest BCUT2D eigenvalue weighted by Gasteiger charge is 2.15. The number of amides is 1. The summed E-state index contributed by atoms with van der Waals surface area (Å²) in [5.74, 6) is -0.407. The number of nitro benzene ring substituents is 1. The predicted molar refractivity (Wildman–Crippen MR) is 122 cm³/mol. The normalized spacial score (nSPS) is 10.6. The van der Waals surface area contributed by atoms with Gasteiger partial charge in [-0.1, -0.05) is 18.2 Å². The lowest BCUT2D eigenvalue weighted by molar-refractivity contribution is -0.385. The maximum atomic E-state index is 12.0. The van der Waals surface area contributed by atoms with Crippen LogP contribution >= 0.6 is 45.2 Å². The smallest absolute Gasteiger partial charge is 0.343 e. The fourth-order valence-electron chi connectivity index (χ4n) is 2.21. The number of esters is 1. The van der Waals surface area contributed by atoms with E-state index in [9.17, 15) is 19.7 Å². The minimum absolute atomic E-state index is 0.113. The number of benzene rings is 2. The molecule has 2 rings (SSSR count). The molecule has 0 radical (unpaired) electrons. The van der Waals surface area contributed by atoms with Crippen LogP contribution in [0.25, 0.3) is 0 Å². The van der Waals surface area contributed by atoms with Crippen molar-refractivity contribution in [2.24, 2.45) is 5.10 Å². The Kier molecular flexibility index (Phi) is 8.75. The molecule has 0 atom stereocenters. The molecule has 11 heteroatoms. The van der Waals surface area contributed by atoms with Gasteiger partial charge in [-0.25, -0.2) is 10.2 Å². The fraction of sp³-hybridized carbons (Fsp3) is 0.167. The third-order valence-corrected chi connectivity index (χ3v) is 5.13. The zero-order valence-electron chi connectivity index (χ0n) is 15.1. The highest BCUT2D eigenvalue weighted by atomic mass is 127. The maximum absolute atomic E-state index is 12.0. The van der Waals surface area contributed by atoms with E-state index in [4.69, 9.17) is 4.74 Å². The Morgan fingerprint density at radius 3 is 2.52 bits per heavy atom. The zero-order valence-corrected chi connectivity index (χ0v) is 19.4. The highest BCUT2D eigenvalue weighted by Crippen LogP contribution is 2.28. The number of hydrogen-bond donors (Lipinski definition) is 1. The van der Waals surface area contributed by atoms with Crippen LogP contribution in [0.15, 0.2) is 41.5 Å². The molecule has 0 aromatic heterocycles. The Hall–Kier alpha value is -2.29. The predicted octanol–water partition coefficient (Wildman–Crippen LogP) is 3.05. The number of nitrogens with one attached hydrogen (secondary N) is 1. The fourth-order valence-corrected chi connectivity index (χ4v) is 4.34. The first-order valence-corrected chi connectivity index (χ1v) is 10.2. The maximum Gasteiger partial charge on any atom is 0.343 e. The lowest BCUT2D eigenvalue weighted by Crippen LogP contribution is -2.20. The summed E-state index contributed by atoms with van der Waals surface area (Å²) in [5.41, 5.74) is 3.26. The quantitative estimate of drug-likeness (QED) is 0.159. The topological polar surface area (TPSA) is 120 Å². The molecule has 2 aromatic rings. The lowest BCUT2D eigenvalue weighted by Gasteiger charge is -2.10. The number of rotatable bonds is 8. The molecule has 29 heavy (non-hydrogen) atoms. The molecule has 152 valence electrons. The molecular weight excluding hydrogens is 608 g/mol. The molecule has 0 aliphatic rings. The minimum atomic E-state index is -0.528. The summed E-state index contributed by atoms with van der Waals surface area (Å²) in [6, 6.07) is 9.59. The standard InChI is InChI=1S/C18H15I2N3O6/c1-28-17(25)10-29-18-13(19)6-11(7-14(18)20)9-21-22-16(24)8-12-4-2-3-5-15(12)23(26)27/h2-7,9H,8,10H2,1H3,(H,22,24)/b21-9+. The number of para-hydroxylation sites is 1. The molecule has 1 N–H and O–H groups in total. The molecular formula is C18H15I2N3O6. The summed E-state index contributed by atoms with van der Waals surface area (Å²) < 4.78 is 11.5. The van der Waals surface area contributed by atoms with Crippen molar-refractivity contribution >= 4 is 69.0 Å². The van der Waals surface area contributed by atoms with E-state index < -0.39 is 16.8 Å². The molecule has 0 saturated carbocycles. The second-order valence-electron chi connectivity index (χ2n) is 5.53. The van der Waals surface area contributed by atoms with E-state index in [2.05, 4.69) is 60.4 Å². The average Bonchev–Trinajstić information content (AvgIpc) is 2.67. The molecule has 9 nitrogen and oxygen atoms in total. The number of carbonyl (C=O) groups is 2. The van der Waals surface area contributed by atoms with Crippen LogP contribution in [-0.4, -0.2) is 36.7 Å². The number of ether oxygens (including phenoxy) is 2. The lowest BCUT2D eigenvalue weighted by atomic mass is 10.1. The van der Waals surface area contributed by atoms with E-state index in [-0.39, 0.29) is 18.7 Å². The molecule has 0 fully saturated rings. The van der Waals surface area contributed by atoms with Gasteiger partial charge in [0.1, 0.15) is 5.75 Å². The van der Waals surface area contributed by atoms with Crippen molar-refractivity contribution in [3.8, 4) is 5.75 Å². The summed E-state index contributed by atoms with van der Waals surface area (Å²) in [6.45, 7) is -0.197. The van der Waals surface area contributed by atoms with E-state index in [1.54, 1.807) is 24.3 Å². The van der Waals surface area contributed by atoms with Crippen LogP contribution in [0.3, 0.4) is 0 Å². The SMILES string of the molecule is COC(=O)COc1c(I)cc(/C=N/NC(=O)Cc2ccccc2[N+](=O)[O-])cc1I. The number of hydrazone groups is 1. The van der Waals surface area contributed by atoms with Crippen molar-refractivity contribution < 1.29 is 24.0 Å². The monoisotopic (exact) mass is 623 g/mol. The Bertz CT molecular complexity index is 941. The van der Waals surface area contributed by atoms with Crippen molar-refractivity contribution in [1.29, 1.82) is 0 Å². The average molecular weight is 623 g/mol. The van der Waals surface area contributed by atoms with Crippen LogP contribution in [0.1, 0.15) is 11.1 Å². The van der Waals surface area contributed by atoms with Gasteiger partial charge >= 0.3 is 5.97 Å². The van der Waals surface area contributed by atoms with Crippen LogP contribution in [0.2, 0.25) is 0 Å². The number of hydrogen-bond acceptors (Lipinski definition) is 7. The zero-order chi connectivity index (χ0) is 21.4. The van der Waals surface area contributed by atoms with Gasteiger partial charge in [-0.05, 0) is 62.9 Å². The largest absolute Gasteiger partial charge is 0.480 e. The van der Waals surface area contributed by atoms with Gasteiger partial charge in [0.05, 0.1) is 31.8 Å². The van der Waals surface area contributed by atoms with Gasteiger partial charge in [0.2, 0.25) is 5.91 Å². The number of nitro groups is 1. The first-order valence-electron chi connectivity index (χ1n) is 8.04. The summed E-state index contributed by atoms with van der Waals surface area (Å²) in [7, 11) is 1.28. The first-order chi connectivity index (χ1) is 13.8. The van der Waals surface area contributed by atoms with Gasteiger partial charge in [0.15, 0.2) is 6.61 Å². The van der Waals surface area contributed by atoms with Crippen molar-refractivity contribution in [2.45, 2.75) is 6.42 Å². The van der Waals surface area contributed by atoms with Crippen LogP contribution < -0.4 is 10.2 Å². The third-order valence-electron chi connectivity index (χ3n) is 3.52. The number of nitrogens with zero attached hydrogens (tertiary/aromatic N) is 2. The van der Waals surface area contributed by atoms with Gasteiger partial charge in [0, 0.05) is 11.6 Å². The third kappa shape index (κ3) is 6.92. The van der Waals surface area contributed by atoms with Crippen molar-refractivity contribution in [3.05, 3.63) is 64.8 Å². The number of carbonyl (C=O) groups excluding carboxylic acids is 2. The second kappa shape index (κ2) is 11.0. The van der Waals surface area contributed by atoms with Crippen molar-refractivity contribution in [3.63, 3.8) is 0 Å². The molecule has 2 aromatic carbocycles. The van der Waals surface area contributed by atoms with Gasteiger partial charge in [-0.15, -0.1) is 0 Å². The Balaban J connectivity index is 2.00. The summed E-state index contributed by atoms with van der Waals surface area (Å²) in [4.78, 5) is 33.7. The van der Waals surface area contributed by atoms with E-state index in [0.717, 1.165) is 7.14 Å². The summed E-state index contributed by atoms with van der Waals surface area (Å²) in [6.07, 6.45) is 1.29. The second-order valence-corrected chi connectivity index (χ2v) is 7.86.